The molecule has 1 rings (SSSR count). The predicted octanol–water partition coefficient (Wildman–Crippen LogP) is 2.48. The Morgan fingerprint density at radius 3 is 2.57 bits per heavy atom. The van der Waals surface area contributed by atoms with Crippen LogP contribution in [0, 0.1) is 6.92 Å². The molecule has 0 radical (unpaired) electrons. The summed E-state index contributed by atoms with van der Waals surface area (Å²) in [6.07, 6.45) is 0.203. The van der Waals surface area contributed by atoms with Crippen molar-refractivity contribution in [3.8, 4) is 5.75 Å². The molecule has 1 N–H and O–H groups in total. The summed E-state index contributed by atoms with van der Waals surface area (Å²) in [6.45, 7) is 6.25. The van der Waals surface area contributed by atoms with E-state index in [0.29, 0.717) is 6.61 Å². The van der Waals surface area contributed by atoms with Gasteiger partial charge in [-0.05, 0) is 38.5 Å². The first-order chi connectivity index (χ1) is 9.90. The lowest BCUT2D eigenvalue weighted by Gasteiger charge is -2.26. The maximum Gasteiger partial charge on any atom is 0.305 e. The second-order valence-corrected chi connectivity index (χ2v) is 5.24. The fourth-order valence-electron chi connectivity index (χ4n) is 1.99. The zero-order valence-corrected chi connectivity index (χ0v) is 12.8. The van der Waals surface area contributed by atoms with E-state index in [-0.39, 0.29) is 31.3 Å². The van der Waals surface area contributed by atoms with Gasteiger partial charge in [-0.25, -0.2) is 0 Å². The SMILES string of the molecule is Cc1cccc(OCCC(=O)N(CCC(=O)O)C(C)C)c1. The Kier molecular flexibility index (Phi) is 6.72. The van der Waals surface area contributed by atoms with Crippen LogP contribution in [-0.2, 0) is 9.59 Å². The van der Waals surface area contributed by atoms with Crippen LogP contribution in [0.3, 0.4) is 0 Å². The maximum atomic E-state index is 12.1. The highest BCUT2D eigenvalue weighted by molar-refractivity contribution is 5.77. The van der Waals surface area contributed by atoms with Crippen molar-refractivity contribution in [3.05, 3.63) is 29.8 Å². The van der Waals surface area contributed by atoms with Gasteiger partial charge in [-0.3, -0.25) is 9.59 Å². The summed E-state index contributed by atoms with van der Waals surface area (Å²) in [5, 5.41) is 8.71. The summed E-state index contributed by atoms with van der Waals surface area (Å²) in [5.74, 6) is -0.243. The predicted molar refractivity (Wildman–Crippen MR) is 80.4 cm³/mol. The molecule has 0 fully saturated rings. The van der Waals surface area contributed by atoms with Crippen LogP contribution in [0.4, 0.5) is 0 Å². The summed E-state index contributed by atoms with van der Waals surface area (Å²) >= 11 is 0. The number of benzene rings is 1. The Hall–Kier alpha value is -2.04. The number of amides is 1. The highest BCUT2D eigenvalue weighted by Gasteiger charge is 2.17. The van der Waals surface area contributed by atoms with Crippen molar-refractivity contribution in [3.63, 3.8) is 0 Å². The van der Waals surface area contributed by atoms with E-state index < -0.39 is 5.97 Å². The lowest BCUT2D eigenvalue weighted by atomic mass is 10.2. The molecule has 1 amide bonds. The molecule has 0 aliphatic carbocycles. The largest absolute Gasteiger partial charge is 0.493 e. The summed E-state index contributed by atoms with van der Waals surface area (Å²) in [7, 11) is 0. The van der Waals surface area contributed by atoms with Crippen LogP contribution in [0.15, 0.2) is 24.3 Å². The quantitative estimate of drug-likeness (QED) is 0.799. The molecular formula is C16H23NO4. The molecule has 0 bridgehead atoms. The maximum absolute atomic E-state index is 12.1. The third-order valence-electron chi connectivity index (χ3n) is 3.08. The van der Waals surface area contributed by atoms with Crippen molar-refractivity contribution in [1.29, 1.82) is 0 Å². The van der Waals surface area contributed by atoms with E-state index in [0.717, 1.165) is 11.3 Å². The van der Waals surface area contributed by atoms with Gasteiger partial charge in [0.15, 0.2) is 0 Å². The fraction of sp³-hybridized carbons (Fsp3) is 0.500. The van der Waals surface area contributed by atoms with Gasteiger partial charge in [0.05, 0.1) is 19.4 Å². The van der Waals surface area contributed by atoms with Crippen molar-refractivity contribution in [2.24, 2.45) is 0 Å². The van der Waals surface area contributed by atoms with Gasteiger partial charge in [0.2, 0.25) is 5.91 Å². The number of ether oxygens (including phenoxy) is 1. The first kappa shape index (κ1) is 17.0. The number of aliphatic carboxylic acids is 1. The van der Waals surface area contributed by atoms with Crippen LogP contribution in [0.1, 0.15) is 32.3 Å². The van der Waals surface area contributed by atoms with Crippen molar-refractivity contribution in [2.45, 2.75) is 39.7 Å². The van der Waals surface area contributed by atoms with Gasteiger partial charge in [-0.15, -0.1) is 0 Å². The Labute approximate surface area is 125 Å². The minimum absolute atomic E-state index is 0.0178. The number of carboxylic acid groups (broad SMARTS) is 1. The molecule has 0 unspecified atom stereocenters. The van der Waals surface area contributed by atoms with Crippen LogP contribution >= 0.6 is 0 Å². The second-order valence-electron chi connectivity index (χ2n) is 5.24. The third kappa shape index (κ3) is 6.29. The minimum Gasteiger partial charge on any atom is -0.493 e. The standard InChI is InChI=1S/C16H23NO4/c1-12(2)17(9-7-16(19)20)15(18)8-10-21-14-6-4-5-13(3)11-14/h4-6,11-12H,7-10H2,1-3H3,(H,19,20). The topological polar surface area (TPSA) is 66.8 Å². The summed E-state index contributed by atoms with van der Waals surface area (Å²) < 4.78 is 5.55. The van der Waals surface area contributed by atoms with Crippen molar-refractivity contribution in [2.75, 3.05) is 13.2 Å². The fourth-order valence-corrected chi connectivity index (χ4v) is 1.99. The minimum atomic E-state index is -0.899. The summed E-state index contributed by atoms with van der Waals surface area (Å²) in [4.78, 5) is 24.3. The molecule has 0 spiro atoms. The van der Waals surface area contributed by atoms with E-state index in [2.05, 4.69) is 0 Å². The Balaban J connectivity index is 2.44. The number of aryl methyl sites for hydroxylation is 1. The number of hydrogen-bond acceptors (Lipinski definition) is 3. The average molecular weight is 293 g/mol. The molecule has 21 heavy (non-hydrogen) atoms. The molecule has 1 aromatic carbocycles. The Morgan fingerprint density at radius 1 is 1.29 bits per heavy atom. The van der Waals surface area contributed by atoms with E-state index in [1.165, 1.54) is 0 Å². The molecule has 0 atom stereocenters. The third-order valence-corrected chi connectivity index (χ3v) is 3.08. The van der Waals surface area contributed by atoms with Gasteiger partial charge in [0.25, 0.3) is 0 Å². The summed E-state index contributed by atoms with van der Waals surface area (Å²) in [5.41, 5.74) is 1.10. The molecule has 5 nitrogen and oxygen atoms in total. The van der Waals surface area contributed by atoms with Gasteiger partial charge in [-0.2, -0.15) is 0 Å². The molecular weight excluding hydrogens is 270 g/mol. The van der Waals surface area contributed by atoms with Gasteiger partial charge in [0, 0.05) is 12.6 Å². The van der Waals surface area contributed by atoms with Gasteiger partial charge >= 0.3 is 5.97 Å². The highest BCUT2D eigenvalue weighted by Crippen LogP contribution is 2.13. The molecule has 0 aliphatic rings. The second kappa shape index (κ2) is 8.29. The number of rotatable bonds is 8. The molecule has 0 saturated heterocycles. The average Bonchev–Trinajstić information content (AvgIpc) is 2.38. The van der Waals surface area contributed by atoms with Crippen LogP contribution < -0.4 is 4.74 Å². The number of nitrogens with zero attached hydrogens (tertiary/aromatic N) is 1. The zero-order valence-electron chi connectivity index (χ0n) is 12.8. The van der Waals surface area contributed by atoms with Crippen LogP contribution in [0.5, 0.6) is 5.75 Å². The van der Waals surface area contributed by atoms with Gasteiger partial charge in [-0.1, -0.05) is 12.1 Å². The molecule has 5 heteroatoms. The monoisotopic (exact) mass is 293 g/mol. The van der Waals surface area contributed by atoms with Crippen LogP contribution in [0.25, 0.3) is 0 Å². The van der Waals surface area contributed by atoms with E-state index in [4.69, 9.17) is 9.84 Å². The molecule has 0 aromatic heterocycles. The first-order valence-corrected chi connectivity index (χ1v) is 7.11. The number of carbonyl (C=O) groups excluding carboxylic acids is 1. The number of hydrogen-bond donors (Lipinski definition) is 1. The molecule has 0 saturated carbocycles. The molecule has 1 aromatic rings. The van der Waals surface area contributed by atoms with E-state index >= 15 is 0 Å². The Morgan fingerprint density at radius 2 is 2.00 bits per heavy atom. The normalized spacial score (nSPS) is 10.5. The van der Waals surface area contributed by atoms with E-state index in [1.54, 1.807) is 4.90 Å². The molecule has 0 aliphatic heterocycles. The lowest BCUT2D eigenvalue weighted by molar-refractivity contribution is -0.139. The van der Waals surface area contributed by atoms with E-state index in [1.807, 2.05) is 45.0 Å². The number of carboxylic acids is 1. The molecule has 0 heterocycles. The van der Waals surface area contributed by atoms with Crippen molar-refractivity contribution >= 4 is 11.9 Å². The highest BCUT2D eigenvalue weighted by atomic mass is 16.5. The zero-order chi connectivity index (χ0) is 15.8. The first-order valence-electron chi connectivity index (χ1n) is 7.11. The van der Waals surface area contributed by atoms with Gasteiger partial charge in [0.1, 0.15) is 5.75 Å². The van der Waals surface area contributed by atoms with Crippen LogP contribution in [-0.4, -0.2) is 41.1 Å². The lowest BCUT2D eigenvalue weighted by Crippen LogP contribution is -2.39. The van der Waals surface area contributed by atoms with Crippen molar-refractivity contribution < 1.29 is 19.4 Å². The smallest absolute Gasteiger partial charge is 0.305 e. The van der Waals surface area contributed by atoms with Gasteiger partial charge < -0.3 is 14.7 Å². The van der Waals surface area contributed by atoms with E-state index in [9.17, 15) is 9.59 Å². The molecule has 116 valence electrons. The Bertz CT molecular complexity index is 485. The number of carbonyl (C=O) groups is 2. The van der Waals surface area contributed by atoms with Crippen LogP contribution in [0.2, 0.25) is 0 Å². The summed E-state index contributed by atoms with van der Waals surface area (Å²) in [6, 6.07) is 7.62. The van der Waals surface area contributed by atoms with Crippen molar-refractivity contribution in [1.82, 2.24) is 4.90 Å².